The van der Waals surface area contributed by atoms with Crippen molar-refractivity contribution in [1.82, 2.24) is 9.80 Å². The van der Waals surface area contributed by atoms with Crippen molar-refractivity contribution in [2.45, 2.75) is 50.8 Å². The molecule has 8 nitrogen and oxygen atoms in total. The fourth-order valence-electron chi connectivity index (χ4n) is 8.72. The van der Waals surface area contributed by atoms with Crippen molar-refractivity contribution in [3.05, 3.63) is 129 Å². The number of nitrogens with zero attached hydrogens (tertiary/aromatic N) is 2. The number of hydrogen-bond donors (Lipinski definition) is 1. The fraction of sp³-hybridized carbons (Fsp3) is 0.317. The minimum absolute atomic E-state index is 0.0670. The minimum atomic E-state index is -0.737. The van der Waals surface area contributed by atoms with Crippen molar-refractivity contribution in [2.24, 2.45) is 17.8 Å². The second kappa shape index (κ2) is 13.3. The molecule has 3 aliphatic carbocycles. The van der Waals surface area contributed by atoms with Crippen molar-refractivity contribution in [2.75, 3.05) is 13.1 Å². The van der Waals surface area contributed by atoms with Gasteiger partial charge in [0.2, 0.25) is 11.8 Å². The molecule has 254 valence electrons. The van der Waals surface area contributed by atoms with Crippen LogP contribution in [0.15, 0.2) is 112 Å². The third-order valence-electron chi connectivity index (χ3n) is 11.1. The van der Waals surface area contributed by atoms with Gasteiger partial charge in [0.25, 0.3) is 0 Å². The van der Waals surface area contributed by atoms with Crippen LogP contribution >= 0.6 is 15.9 Å². The molecule has 0 saturated carbocycles. The summed E-state index contributed by atoms with van der Waals surface area (Å²) >= 11 is 3.29. The van der Waals surface area contributed by atoms with Gasteiger partial charge in [-0.05, 0) is 64.7 Å². The quantitative estimate of drug-likeness (QED) is 0.170. The predicted molar refractivity (Wildman–Crippen MR) is 190 cm³/mol. The molecule has 2 saturated heterocycles. The molecular formula is C41H37BrN2O6. The lowest BCUT2D eigenvalue weighted by atomic mass is 9.59. The smallest absolute Gasteiger partial charge is 0.233 e. The Labute approximate surface area is 299 Å². The number of carbonyl (C=O) groups is 4. The lowest BCUT2D eigenvalue weighted by molar-refractivity contribution is -0.144. The highest BCUT2D eigenvalue weighted by molar-refractivity contribution is 9.12. The molecule has 8 rings (SSSR count). The molecule has 3 aromatic carbocycles. The summed E-state index contributed by atoms with van der Waals surface area (Å²) in [6, 6.07) is 24.8. The average Bonchev–Trinajstić information content (AvgIpc) is 3.39. The first-order valence-corrected chi connectivity index (χ1v) is 18.1. The molecule has 50 heavy (non-hydrogen) atoms. The molecular weight excluding hydrogens is 696 g/mol. The number of phenols is 1. The summed E-state index contributed by atoms with van der Waals surface area (Å²) in [5.41, 5.74) is 4.16. The Morgan fingerprint density at radius 3 is 2.24 bits per heavy atom. The average molecular weight is 734 g/mol. The van der Waals surface area contributed by atoms with E-state index in [4.69, 9.17) is 4.74 Å². The largest absolute Gasteiger partial charge is 0.507 e. The monoisotopic (exact) mass is 732 g/mol. The van der Waals surface area contributed by atoms with Crippen LogP contribution in [0.2, 0.25) is 0 Å². The van der Waals surface area contributed by atoms with Gasteiger partial charge in [-0.1, -0.05) is 78.4 Å². The molecule has 3 aromatic rings. The normalized spacial score (nSPS) is 25.6. The number of ketones is 2. The number of benzene rings is 3. The Morgan fingerprint density at radius 1 is 0.840 bits per heavy atom. The summed E-state index contributed by atoms with van der Waals surface area (Å²) in [6.07, 6.45) is 5.26. The Kier molecular flexibility index (Phi) is 8.65. The molecule has 9 heteroatoms. The van der Waals surface area contributed by atoms with E-state index in [-0.39, 0.29) is 46.1 Å². The lowest BCUT2D eigenvalue weighted by Gasteiger charge is -2.42. The number of carbonyl (C=O) groups excluding carboxylic acids is 4. The number of aromatic hydroxyl groups is 1. The van der Waals surface area contributed by atoms with Gasteiger partial charge in [0.1, 0.15) is 18.1 Å². The van der Waals surface area contributed by atoms with Gasteiger partial charge < -0.3 is 9.84 Å². The van der Waals surface area contributed by atoms with Crippen LogP contribution in [0.25, 0.3) is 0 Å². The molecule has 0 aromatic heterocycles. The summed E-state index contributed by atoms with van der Waals surface area (Å²) in [7, 11) is 0. The maximum Gasteiger partial charge on any atom is 0.233 e. The first-order valence-electron chi connectivity index (χ1n) is 17.3. The number of piperidine rings is 1. The highest BCUT2D eigenvalue weighted by Gasteiger charge is 2.57. The van der Waals surface area contributed by atoms with Crippen LogP contribution in [0, 0.1) is 17.8 Å². The van der Waals surface area contributed by atoms with E-state index in [2.05, 4.69) is 33.0 Å². The third kappa shape index (κ3) is 5.76. The second-order valence-electron chi connectivity index (χ2n) is 13.9. The number of Topliss-reactive ketones (excluding diaryl/α,β-unsaturated/α-hetero) is 1. The number of amides is 2. The van der Waals surface area contributed by atoms with Crippen LogP contribution in [0.1, 0.15) is 48.3 Å². The van der Waals surface area contributed by atoms with E-state index in [1.807, 2.05) is 54.6 Å². The fourth-order valence-corrected chi connectivity index (χ4v) is 9.17. The van der Waals surface area contributed by atoms with E-state index in [1.54, 1.807) is 12.1 Å². The number of fused-ring (bicyclic) bond motifs is 3. The van der Waals surface area contributed by atoms with Crippen LogP contribution in [0.3, 0.4) is 0 Å². The van der Waals surface area contributed by atoms with Crippen molar-refractivity contribution >= 4 is 39.3 Å². The Morgan fingerprint density at radius 2 is 1.54 bits per heavy atom. The zero-order chi connectivity index (χ0) is 34.5. The van der Waals surface area contributed by atoms with Gasteiger partial charge in [-0.25, -0.2) is 0 Å². The van der Waals surface area contributed by atoms with E-state index >= 15 is 0 Å². The predicted octanol–water partition coefficient (Wildman–Crippen LogP) is 6.40. The first kappa shape index (κ1) is 32.6. The zero-order valence-corrected chi connectivity index (χ0v) is 29.1. The third-order valence-corrected chi connectivity index (χ3v) is 11.7. The van der Waals surface area contributed by atoms with Crippen molar-refractivity contribution in [3.63, 3.8) is 0 Å². The van der Waals surface area contributed by atoms with Gasteiger partial charge in [0.05, 0.1) is 16.3 Å². The van der Waals surface area contributed by atoms with E-state index < -0.39 is 23.7 Å². The number of ether oxygens (including phenoxy) is 1. The molecule has 4 atom stereocenters. The molecule has 0 unspecified atom stereocenters. The summed E-state index contributed by atoms with van der Waals surface area (Å²) in [5.74, 6) is -2.87. The number of imide groups is 1. The summed E-state index contributed by atoms with van der Waals surface area (Å²) < 4.78 is 6.13. The summed E-state index contributed by atoms with van der Waals surface area (Å²) in [6.45, 7) is 2.73. The molecule has 5 aliphatic rings. The van der Waals surface area contributed by atoms with Crippen molar-refractivity contribution in [1.29, 1.82) is 0 Å². The number of phenolic OH excluding ortho intramolecular Hbond substituents is 1. The Hall–Kier alpha value is -4.60. The highest BCUT2D eigenvalue weighted by Crippen LogP contribution is 2.56. The second-order valence-corrected chi connectivity index (χ2v) is 14.8. The number of hydrogen-bond acceptors (Lipinski definition) is 7. The zero-order valence-electron chi connectivity index (χ0n) is 27.5. The van der Waals surface area contributed by atoms with E-state index in [0.29, 0.717) is 48.3 Å². The summed E-state index contributed by atoms with van der Waals surface area (Å²) in [4.78, 5) is 59.6. The Bertz CT molecular complexity index is 1980. The molecule has 0 spiro atoms. The number of allylic oxidation sites excluding steroid dienone is 6. The van der Waals surface area contributed by atoms with Gasteiger partial charge in [-0.3, -0.25) is 29.0 Å². The maximum absolute atomic E-state index is 14.4. The topological polar surface area (TPSA) is 104 Å². The van der Waals surface area contributed by atoms with Gasteiger partial charge in [0, 0.05) is 60.4 Å². The molecule has 0 bridgehead atoms. The molecule has 1 N–H and O–H groups in total. The van der Waals surface area contributed by atoms with E-state index in [9.17, 15) is 24.3 Å². The van der Waals surface area contributed by atoms with Gasteiger partial charge in [-0.2, -0.15) is 0 Å². The van der Waals surface area contributed by atoms with E-state index in [1.165, 1.54) is 22.6 Å². The van der Waals surface area contributed by atoms with Crippen molar-refractivity contribution in [3.8, 4) is 11.5 Å². The van der Waals surface area contributed by atoms with Crippen LogP contribution < -0.4 is 4.74 Å². The standard InChI is InChI=1S/C41H37BrN2O6/c42-33-21-35(46)38-32(39(33)47)20-31-28(36(38)29-12-11-27(19-34(29)45)50-23-25-9-5-2-6-10-25)13-14-30-37(31)41(49)44(40(30)48)26-15-17-43(18-16-26)22-24-7-3-1-4-8-24/h1-13,19,21,26,30-31,36-37,45H,14-18,20,22-23H2/t30-,31+,36+,37-/m0/s1. The van der Waals surface area contributed by atoms with Gasteiger partial charge >= 0.3 is 0 Å². The Balaban J connectivity index is 1.07. The lowest BCUT2D eigenvalue weighted by Crippen LogP contribution is -2.47. The first-order chi connectivity index (χ1) is 24.3. The SMILES string of the molecule is O=C1C=C(Br)C(=O)C2=C1[C@@H](c1ccc(OCc3ccccc3)cc1O)C1=CC[C@@H]3C(=O)N(C4CCN(Cc5ccccc5)CC4)C(=O)[C@@H]3[C@@H]1C2. The van der Waals surface area contributed by atoms with E-state index in [0.717, 1.165) is 30.8 Å². The number of halogens is 1. The number of likely N-dealkylation sites (tertiary alicyclic amines) is 2. The molecule has 2 fully saturated rings. The van der Waals surface area contributed by atoms with Gasteiger partial charge in [0.15, 0.2) is 11.6 Å². The molecule has 2 amide bonds. The highest BCUT2D eigenvalue weighted by atomic mass is 79.9. The number of rotatable bonds is 7. The van der Waals surface area contributed by atoms with Gasteiger partial charge in [-0.15, -0.1) is 0 Å². The van der Waals surface area contributed by atoms with Crippen LogP contribution in [-0.2, 0) is 32.3 Å². The maximum atomic E-state index is 14.4. The molecule has 2 heterocycles. The minimum Gasteiger partial charge on any atom is -0.507 e. The van der Waals surface area contributed by atoms with Crippen molar-refractivity contribution < 1.29 is 29.0 Å². The molecule has 0 radical (unpaired) electrons. The summed E-state index contributed by atoms with van der Waals surface area (Å²) in [5, 5.41) is 11.4. The van der Waals surface area contributed by atoms with Crippen LogP contribution in [-0.4, -0.2) is 57.4 Å². The van der Waals surface area contributed by atoms with Crippen LogP contribution in [0.4, 0.5) is 0 Å². The van der Waals surface area contributed by atoms with Crippen LogP contribution in [0.5, 0.6) is 11.5 Å². The molecule has 2 aliphatic heterocycles.